The van der Waals surface area contributed by atoms with Crippen LogP contribution in [-0.4, -0.2) is 66.2 Å². The summed E-state index contributed by atoms with van der Waals surface area (Å²) in [5.74, 6) is 0.794. The van der Waals surface area contributed by atoms with Crippen molar-refractivity contribution in [2.24, 2.45) is 18.7 Å². The van der Waals surface area contributed by atoms with Crippen molar-refractivity contribution in [3.8, 4) is 5.75 Å². The van der Waals surface area contributed by atoms with Crippen LogP contribution in [0, 0.1) is 5.92 Å². The molecular formula is C28H37ClN8O4. The first-order valence-corrected chi connectivity index (χ1v) is 14.2. The highest BCUT2D eigenvalue weighted by Gasteiger charge is 2.26. The quantitative estimate of drug-likeness (QED) is 0.235. The Balaban J connectivity index is 1.42. The number of aryl methyl sites for hydroxylation is 1. The van der Waals surface area contributed by atoms with Gasteiger partial charge in [-0.1, -0.05) is 18.0 Å². The number of likely N-dealkylation sites (N-methyl/N-ethyl adjacent to an activating group) is 1. The molecule has 1 aliphatic heterocycles. The van der Waals surface area contributed by atoms with Crippen LogP contribution >= 0.6 is 11.6 Å². The zero-order chi connectivity index (χ0) is 29.4. The summed E-state index contributed by atoms with van der Waals surface area (Å²) < 4.78 is 6.92. The molecule has 4 rings (SSSR count). The van der Waals surface area contributed by atoms with E-state index in [1.807, 2.05) is 18.2 Å². The van der Waals surface area contributed by atoms with Crippen molar-refractivity contribution < 1.29 is 14.3 Å². The van der Waals surface area contributed by atoms with Gasteiger partial charge in [-0.05, 0) is 56.5 Å². The Bertz CT molecular complexity index is 1440. The lowest BCUT2D eigenvalue weighted by Gasteiger charge is -2.31. The Morgan fingerprint density at radius 3 is 2.68 bits per heavy atom. The van der Waals surface area contributed by atoms with Gasteiger partial charge in [-0.3, -0.25) is 14.4 Å². The fourth-order valence-corrected chi connectivity index (χ4v) is 4.87. The first-order valence-electron chi connectivity index (χ1n) is 13.8. The number of hydrogen-bond donors (Lipinski definition) is 4. The van der Waals surface area contributed by atoms with E-state index < -0.39 is 0 Å². The van der Waals surface area contributed by atoms with E-state index >= 15 is 0 Å². The molecule has 0 unspecified atom stereocenters. The third kappa shape index (κ3) is 7.65. The number of benzene rings is 1. The van der Waals surface area contributed by atoms with Gasteiger partial charge in [0.2, 0.25) is 11.9 Å². The molecule has 2 aromatic heterocycles. The molecule has 13 heteroatoms. The third-order valence-corrected chi connectivity index (χ3v) is 7.43. The zero-order valence-corrected chi connectivity index (χ0v) is 24.2. The van der Waals surface area contributed by atoms with Crippen LogP contribution in [0.25, 0.3) is 10.9 Å². The summed E-state index contributed by atoms with van der Waals surface area (Å²) in [6, 6.07) is 7.09. The monoisotopic (exact) mass is 584 g/mol. The molecule has 5 N–H and O–H groups in total. The predicted octanol–water partition coefficient (Wildman–Crippen LogP) is 2.31. The molecule has 0 spiro atoms. The predicted molar refractivity (Wildman–Crippen MR) is 160 cm³/mol. The highest BCUT2D eigenvalue weighted by atomic mass is 35.5. The number of aromatic nitrogens is 3. The molecule has 41 heavy (non-hydrogen) atoms. The first kappa shape index (κ1) is 30.1. The van der Waals surface area contributed by atoms with Gasteiger partial charge in [-0.2, -0.15) is 4.98 Å². The molecule has 2 amide bonds. The van der Waals surface area contributed by atoms with E-state index in [4.69, 9.17) is 22.1 Å². The number of amides is 2. The van der Waals surface area contributed by atoms with Crippen LogP contribution in [-0.2, 0) is 16.6 Å². The van der Waals surface area contributed by atoms with Crippen molar-refractivity contribution in [3.63, 3.8) is 0 Å². The smallest absolute Gasteiger partial charge is 0.293 e. The number of ether oxygens (including phenoxy) is 1. The number of carbonyl (C=O) groups excluding carboxylic acids is 2. The second kappa shape index (κ2) is 14.1. The van der Waals surface area contributed by atoms with Crippen molar-refractivity contribution in [1.82, 2.24) is 25.2 Å². The molecule has 0 saturated carbocycles. The molecular weight excluding hydrogens is 548 g/mol. The molecule has 1 aromatic carbocycles. The highest BCUT2D eigenvalue weighted by Crippen LogP contribution is 2.29. The molecule has 220 valence electrons. The maximum Gasteiger partial charge on any atom is 0.293 e. The normalized spacial score (nSPS) is 13.7. The second-order valence-electron chi connectivity index (χ2n) is 10.0. The van der Waals surface area contributed by atoms with Crippen molar-refractivity contribution in [2.45, 2.75) is 32.1 Å². The fourth-order valence-electron chi connectivity index (χ4n) is 4.73. The zero-order valence-electron chi connectivity index (χ0n) is 23.4. The number of pyridine rings is 1. The van der Waals surface area contributed by atoms with Crippen LogP contribution in [0.5, 0.6) is 5.75 Å². The Morgan fingerprint density at radius 2 is 1.95 bits per heavy atom. The summed E-state index contributed by atoms with van der Waals surface area (Å²) in [4.78, 5) is 47.9. The molecule has 1 saturated heterocycles. The number of carbonyl (C=O) groups is 2. The van der Waals surface area contributed by atoms with E-state index in [2.05, 4.69) is 30.8 Å². The average Bonchev–Trinajstić information content (AvgIpc) is 2.99. The lowest BCUT2D eigenvalue weighted by molar-refractivity contribution is -0.125. The molecule has 3 aromatic rings. The fraction of sp³-hybridized carbons (Fsp3) is 0.464. The summed E-state index contributed by atoms with van der Waals surface area (Å²) in [5, 5.41) is 9.84. The summed E-state index contributed by atoms with van der Waals surface area (Å²) in [5.41, 5.74) is 6.58. The summed E-state index contributed by atoms with van der Waals surface area (Å²) in [6.07, 6.45) is 5.94. The number of nitrogens with zero attached hydrogens (tertiary/aromatic N) is 4. The van der Waals surface area contributed by atoms with Gasteiger partial charge in [0.25, 0.3) is 11.5 Å². The van der Waals surface area contributed by atoms with Gasteiger partial charge in [0, 0.05) is 50.7 Å². The number of halogens is 1. The van der Waals surface area contributed by atoms with Crippen molar-refractivity contribution in [1.29, 1.82) is 0 Å². The van der Waals surface area contributed by atoms with Crippen molar-refractivity contribution >= 4 is 51.8 Å². The molecule has 0 atom stereocenters. The summed E-state index contributed by atoms with van der Waals surface area (Å²) in [6.45, 7) is 2.43. The molecule has 3 heterocycles. The molecule has 1 fully saturated rings. The molecule has 0 bridgehead atoms. The number of fused-ring (bicyclic) bond motifs is 1. The lowest BCUT2D eigenvalue weighted by Crippen LogP contribution is -2.41. The van der Waals surface area contributed by atoms with E-state index in [0.717, 1.165) is 37.5 Å². The standard InChI is InChI=1S/C28H37ClN8O4/c1-31-24(38)17-41-23-15-19-14-20(6-7-22(19)36(2)27(23)40)34-25-21(29)16-33-28(35-25)37-12-8-18(9-13-37)26(39)32-11-5-3-4-10-30/h6-7,14-16,18H,3-5,8-13,17,30H2,1-2H3,(H,31,38)(H,32,39)(H,33,34,35). The van der Waals surface area contributed by atoms with Crippen LogP contribution < -0.4 is 36.9 Å². The first-order chi connectivity index (χ1) is 19.8. The van der Waals surface area contributed by atoms with E-state index in [1.54, 1.807) is 19.3 Å². The second-order valence-corrected chi connectivity index (χ2v) is 10.4. The Labute approximate surface area is 243 Å². The number of rotatable bonds is 12. The van der Waals surface area contributed by atoms with Gasteiger partial charge in [0.15, 0.2) is 18.2 Å². The summed E-state index contributed by atoms with van der Waals surface area (Å²) >= 11 is 6.43. The largest absolute Gasteiger partial charge is 0.478 e. The van der Waals surface area contributed by atoms with Gasteiger partial charge in [-0.25, -0.2) is 4.98 Å². The number of hydrogen-bond acceptors (Lipinski definition) is 9. The number of anilines is 3. The van der Waals surface area contributed by atoms with E-state index in [9.17, 15) is 14.4 Å². The highest BCUT2D eigenvalue weighted by molar-refractivity contribution is 6.32. The van der Waals surface area contributed by atoms with Crippen molar-refractivity contribution in [2.75, 3.05) is 50.1 Å². The Morgan fingerprint density at radius 1 is 1.17 bits per heavy atom. The van der Waals surface area contributed by atoms with E-state index in [0.29, 0.717) is 54.2 Å². The van der Waals surface area contributed by atoms with E-state index in [1.165, 1.54) is 11.6 Å². The maximum absolute atomic E-state index is 12.7. The Kier molecular flexibility index (Phi) is 10.4. The van der Waals surface area contributed by atoms with Crippen LogP contribution in [0.3, 0.4) is 0 Å². The average molecular weight is 585 g/mol. The minimum atomic E-state index is -0.339. The number of nitrogens with one attached hydrogen (secondary N) is 3. The van der Waals surface area contributed by atoms with Crippen LogP contribution in [0.1, 0.15) is 32.1 Å². The Hall–Kier alpha value is -3.90. The third-order valence-electron chi connectivity index (χ3n) is 7.15. The van der Waals surface area contributed by atoms with E-state index in [-0.39, 0.29) is 35.6 Å². The van der Waals surface area contributed by atoms with Crippen LogP contribution in [0.4, 0.5) is 17.5 Å². The molecule has 1 aliphatic rings. The molecule has 0 aliphatic carbocycles. The van der Waals surface area contributed by atoms with Gasteiger partial charge in [0.1, 0.15) is 5.02 Å². The van der Waals surface area contributed by atoms with Gasteiger partial charge >= 0.3 is 0 Å². The lowest BCUT2D eigenvalue weighted by atomic mass is 9.96. The SMILES string of the molecule is CNC(=O)COc1cc2cc(Nc3nc(N4CCC(C(=O)NCCCCCN)CC4)ncc3Cl)ccc2n(C)c1=O. The van der Waals surface area contributed by atoms with Crippen LogP contribution in [0.2, 0.25) is 5.02 Å². The number of unbranched alkanes of at least 4 members (excludes halogenated alkanes) is 2. The van der Waals surface area contributed by atoms with Gasteiger partial charge in [0.05, 0.1) is 11.7 Å². The molecule has 0 radical (unpaired) electrons. The topological polar surface area (TPSA) is 156 Å². The van der Waals surface area contributed by atoms with Gasteiger partial charge < -0.3 is 35.9 Å². The van der Waals surface area contributed by atoms with Crippen LogP contribution in [0.15, 0.2) is 35.3 Å². The number of piperidine rings is 1. The minimum absolute atomic E-state index is 0.0237. The van der Waals surface area contributed by atoms with Gasteiger partial charge in [-0.15, -0.1) is 0 Å². The minimum Gasteiger partial charge on any atom is -0.478 e. The maximum atomic E-state index is 12.7. The summed E-state index contributed by atoms with van der Waals surface area (Å²) in [7, 11) is 3.15. The van der Waals surface area contributed by atoms with Crippen molar-refractivity contribution in [3.05, 3.63) is 45.8 Å². The number of nitrogens with two attached hydrogens (primary N) is 1. The molecule has 12 nitrogen and oxygen atoms in total.